The highest BCUT2D eigenvalue weighted by molar-refractivity contribution is 5.94. The molecular formula is C46H57NO18. The SMILES string of the molecule is CC(=O)OCC(=O)O[C@H]1C[C@H]2OC[C@@]2(OC(C)=O)C2[C@H](OC(=O)c3ccccc3)[C@]3(O)C[C@H](OC(=O)[C@H](O)[C@@H](NC(=O)OCC(C)(C)C)c4ccco4)C(C)=C([C@@H](O)C(=O)[C@@]21C)C3(C)C. The van der Waals surface area contributed by atoms with Crippen LogP contribution in [0.4, 0.5) is 4.79 Å². The summed E-state index contributed by atoms with van der Waals surface area (Å²) in [5.41, 5.74) is -8.79. The van der Waals surface area contributed by atoms with Gasteiger partial charge in [0.05, 0.1) is 36.4 Å². The van der Waals surface area contributed by atoms with Crippen molar-refractivity contribution in [3.8, 4) is 0 Å². The average molecular weight is 912 g/mol. The van der Waals surface area contributed by atoms with Gasteiger partial charge >= 0.3 is 35.9 Å². The fourth-order valence-electron chi connectivity index (χ4n) is 9.85. The number of furan rings is 1. The number of esters is 5. The summed E-state index contributed by atoms with van der Waals surface area (Å²) in [6.45, 7) is 12.2. The van der Waals surface area contributed by atoms with Gasteiger partial charge in [-0.3, -0.25) is 14.4 Å². The molecule has 19 nitrogen and oxygen atoms in total. The van der Waals surface area contributed by atoms with E-state index < -0.39 is 137 Å². The Kier molecular flexibility index (Phi) is 13.5. The van der Waals surface area contributed by atoms with Gasteiger partial charge in [0.25, 0.3) is 0 Å². The summed E-state index contributed by atoms with van der Waals surface area (Å²) >= 11 is 0. The second kappa shape index (κ2) is 18.0. The second-order valence-corrected chi connectivity index (χ2v) is 19.1. The fourth-order valence-corrected chi connectivity index (χ4v) is 9.85. The first-order valence-corrected chi connectivity index (χ1v) is 21.2. The molecule has 1 unspecified atom stereocenters. The number of alkyl carbamates (subject to hydrolysis) is 1. The number of aliphatic hydroxyl groups excluding tert-OH is 2. The van der Waals surface area contributed by atoms with Crippen molar-refractivity contribution in [1.29, 1.82) is 0 Å². The van der Waals surface area contributed by atoms with E-state index in [-0.39, 0.29) is 35.5 Å². The van der Waals surface area contributed by atoms with Gasteiger partial charge in [-0.15, -0.1) is 0 Å². The molecule has 0 spiro atoms. The van der Waals surface area contributed by atoms with Crippen LogP contribution in [0.5, 0.6) is 0 Å². The Hall–Kier alpha value is -5.63. The highest BCUT2D eigenvalue weighted by Crippen LogP contribution is 2.64. The van der Waals surface area contributed by atoms with Gasteiger partial charge in [-0.05, 0) is 54.7 Å². The predicted molar refractivity (Wildman–Crippen MR) is 221 cm³/mol. The first-order chi connectivity index (χ1) is 30.3. The minimum atomic E-state index is -2.48. The molecule has 2 aromatic rings. The molecule has 1 saturated heterocycles. The first kappa shape index (κ1) is 48.8. The number of carbonyl (C=O) groups is 7. The van der Waals surface area contributed by atoms with Crippen molar-refractivity contribution in [3.63, 3.8) is 0 Å². The standard InChI is InChI=1S/C46H57NO18/c1-23-28(62-40(55)35(52)33(27-16-13-17-58-27)47-41(56)61-21-42(4,5)6)19-46(57)38(64-39(54)26-14-11-10-12-15-26)36-44(9,37(53)34(51)32(23)43(46,7)8)29(63-31(50)20-59-24(2)48)18-30-45(36,22-60-30)65-25(3)49/h10-17,28-30,33-36,38,51-52,57H,18-22H2,1-9H3,(H,47,56)/t28-,29-,30+,33-,34+,35+,36?,38-,44+,45-,46+/m0/s1. The number of carbonyl (C=O) groups excluding carboxylic acids is 7. The Bertz CT molecular complexity index is 2210. The Balaban J connectivity index is 1.50. The zero-order valence-electron chi connectivity index (χ0n) is 37.7. The predicted octanol–water partition coefficient (Wildman–Crippen LogP) is 3.21. The monoisotopic (exact) mass is 911 g/mol. The molecule has 2 bridgehead atoms. The Morgan fingerprint density at radius 1 is 0.938 bits per heavy atom. The highest BCUT2D eigenvalue weighted by atomic mass is 16.6. The maximum Gasteiger partial charge on any atom is 0.407 e. The van der Waals surface area contributed by atoms with E-state index in [2.05, 4.69) is 5.32 Å². The van der Waals surface area contributed by atoms with Gasteiger partial charge < -0.3 is 58.2 Å². The molecule has 3 aliphatic carbocycles. The Morgan fingerprint density at radius 2 is 1.62 bits per heavy atom. The third-order valence-corrected chi connectivity index (χ3v) is 13.1. The van der Waals surface area contributed by atoms with Gasteiger partial charge in [-0.2, -0.15) is 0 Å². The largest absolute Gasteiger partial charge is 0.467 e. The summed E-state index contributed by atoms with van der Waals surface area (Å²) in [4.78, 5) is 94.9. The van der Waals surface area contributed by atoms with Crippen LogP contribution in [0.25, 0.3) is 0 Å². The maximum absolute atomic E-state index is 15.5. The number of rotatable bonds is 12. The van der Waals surface area contributed by atoms with Gasteiger partial charge in [0.15, 0.2) is 24.1 Å². The number of hydrogen-bond acceptors (Lipinski definition) is 18. The van der Waals surface area contributed by atoms with E-state index in [0.717, 1.165) is 13.8 Å². The molecule has 1 aromatic carbocycles. The van der Waals surface area contributed by atoms with E-state index in [1.165, 1.54) is 58.2 Å². The van der Waals surface area contributed by atoms with Crippen molar-refractivity contribution in [1.82, 2.24) is 5.32 Å². The topological polar surface area (TPSA) is 270 Å². The molecule has 11 atom stereocenters. The molecule has 6 rings (SSSR count). The second-order valence-electron chi connectivity index (χ2n) is 19.1. The van der Waals surface area contributed by atoms with E-state index in [0.29, 0.717) is 0 Å². The zero-order valence-corrected chi connectivity index (χ0v) is 37.7. The van der Waals surface area contributed by atoms with Crippen LogP contribution in [-0.2, 0) is 57.1 Å². The lowest BCUT2D eigenvalue weighted by Gasteiger charge is -2.67. The van der Waals surface area contributed by atoms with Crippen LogP contribution >= 0.6 is 0 Å². The molecule has 0 radical (unpaired) electrons. The summed E-state index contributed by atoms with van der Waals surface area (Å²) < 4.78 is 45.8. The quantitative estimate of drug-likeness (QED) is 0.135. The summed E-state index contributed by atoms with van der Waals surface area (Å²) in [5.74, 6) is -7.81. The number of hydrogen-bond donors (Lipinski definition) is 4. The third kappa shape index (κ3) is 9.02. The van der Waals surface area contributed by atoms with Crippen molar-refractivity contribution in [3.05, 3.63) is 71.2 Å². The smallest absolute Gasteiger partial charge is 0.407 e. The molecule has 4 N–H and O–H groups in total. The summed E-state index contributed by atoms with van der Waals surface area (Å²) in [6, 6.07) is 8.96. The van der Waals surface area contributed by atoms with Gasteiger partial charge in [-0.25, -0.2) is 19.2 Å². The van der Waals surface area contributed by atoms with Crippen molar-refractivity contribution in [2.24, 2.45) is 22.2 Å². The van der Waals surface area contributed by atoms with Crippen molar-refractivity contribution in [2.75, 3.05) is 19.8 Å². The molecule has 2 heterocycles. The van der Waals surface area contributed by atoms with Crippen LogP contribution < -0.4 is 5.32 Å². The van der Waals surface area contributed by atoms with Crippen LogP contribution in [0.1, 0.15) is 97.3 Å². The number of ether oxygens (including phenoxy) is 7. The van der Waals surface area contributed by atoms with Crippen LogP contribution in [-0.4, -0.2) is 125 Å². The molecule has 65 heavy (non-hydrogen) atoms. The molecule has 4 aliphatic rings. The van der Waals surface area contributed by atoms with Crippen LogP contribution in [0.15, 0.2) is 64.3 Å². The number of Topliss-reactive ketones (excluding diaryl/α,β-unsaturated/α-hetero) is 1. The lowest BCUT2D eigenvalue weighted by atomic mass is 9.44. The van der Waals surface area contributed by atoms with E-state index in [1.807, 2.05) is 20.8 Å². The molecule has 19 heteroatoms. The van der Waals surface area contributed by atoms with Crippen LogP contribution in [0.3, 0.4) is 0 Å². The average Bonchev–Trinajstić information content (AvgIpc) is 3.77. The van der Waals surface area contributed by atoms with Crippen LogP contribution in [0.2, 0.25) is 0 Å². The van der Waals surface area contributed by atoms with Crippen molar-refractivity contribution < 1.29 is 86.5 Å². The lowest BCUT2D eigenvalue weighted by Crippen LogP contribution is -2.82. The van der Waals surface area contributed by atoms with Gasteiger partial charge in [0, 0.05) is 32.1 Å². The number of benzene rings is 1. The minimum absolute atomic E-state index is 0.0125. The number of amides is 1. The number of nitrogens with one attached hydrogen (secondary N) is 1. The Labute approximate surface area is 375 Å². The third-order valence-electron chi connectivity index (χ3n) is 13.1. The molecule has 354 valence electrons. The number of aliphatic hydroxyl groups is 3. The molecular weight excluding hydrogens is 854 g/mol. The summed E-state index contributed by atoms with van der Waals surface area (Å²) in [6.07, 6.45) is -11.2. The number of fused-ring (bicyclic) bond motifs is 5. The van der Waals surface area contributed by atoms with E-state index in [1.54, 1.807) is 18.2 Å². The van der Waals surface area contributed by atoms with Gasteiger partial charge in [0.1, 0.15) is 47.9 Å². The van der Waals surface area contributed by atoms with Crippen LogP contribution in [0, 0.1) is 22.2 Å². The highest BCUT2D eigenvalue weighted by Gasteiger charge is 2.78. The van der Waals surface area contributed by atoms with Crippen molar-refractivity contribution >= 4 is 41.7 Å². The molecule has 1 aliphatic heterocycles. The van der Waals surface area contributed by atoms with E-state index in [9.17, 15) is 44.1 Å². The Morgan fingerprint density at radius 3 is 2.18 bits per heavy atom. The summed E-state index contributed by atoms with van der Waals surface area (Å²) in [5, 5.41) is 40.1. The fraction of sp³-hybridized carbons (Fsp3) is 0.587. The molecule has 1 aromatic heterocycles. The normalized spacial score (nSPS) is 31.2. The molecule has 2 saturated carbocycles. The number of ketones is 1. The van der Waals surface area contributed by atoms with Gasteiger partial charge in [-0.1, -0.05) is 52.8 Å². The lowest BCUT2D eigenvalue weighted by molar-refractivity contribution is -0.346. The van der Waals surface area contributed by atoms with Gasteiger partial charge in [0.2, 0.25) is 0 Å². The van der Waals surface area contributed by atoms with Crippen molar-refractivity contribution in [2.45, 2.75) is 129 Å². The maximum atomic E-state index is 15.5. The molecule has 3 fully saturated rings. The first-order valence-electron chi connectivity index (χ1n) is 21.2. The summed E-state index contributed by atoms with van der Waals surface area (Å²) in [7, 11) is 0. The van der Waals surface area contributed by atoms with E-state index >= 15 is 4.79 Å². The van der Waals surface area contributed by atoms with E-state index in [4.69, 9.17) is 37.6 Å². The minimum Gasteiger partial charge on any atom is -0.467 e. The zero-order chi connectivity index (χ0) is 48.0. The molecule has 1 amide bonds.